The van der Waals surface area contributed by atoms with Crippen molar-refractivity contribution in [2.24, 2.45) is 0 Å². The molecule has 3 N–H and O–H groups in total. The second-order valence-corrected chi connectivity index (χ2v) is 9.04. The summed E-state index contributed by atoms with van der Waals surface area (Å²) in [4.78, 5) is 33.3. The Morgan fingerprint density at radius 3 is 2.69 bits per heavy atom. The highest BCUT2D eigenvalue weighted by Crippen LogP contribution is 2.47. The maximum Gasteiger partial charge on any atom is 0.228 e. The average Bonchev–Trinajstić information content (AvgIpc) is 3.26. The van der Waals surface area contributed by atoms with E-state index in [-0.39, 0.29) is 49.4 Å². The number of anilines is 1. The van der Waals surface area contributed by atoms with Crippen LogP contribution in [0.15, 0.2) is 67.1 Å². The third kappa shape index (κ3) is 5.53. The number of pyridine rings is 2. The molecule has 9 heteroatoms. The lowest BCUT2D eigenvalue weighted by Gasteiger charge is -2.37. The van der Waals surface area contributed by atoms with Crippen molar-refractivity contribution in [3.05, 3.63) is 83.9 Å². The topological polar surface area (TPSA) is 123 Å². The molecule has 186 valence electrons. The van der Waals surface area contributed by atoms with Crippen LogP contribution in [0.5, 0.6) is 5.75 Å². The monoisotopic (exact) mass is 488 g/mol. The molecule has 2 amide bonds. The van der Waals surface area contributed by atoms with Crippen molar-refractivity contribution in [3.8, 4) is 5.75 Å². The highest BCUT2D eigenvalue weighted by molar-refractivity contribution is 5.92. The summed E-state index contributed by atoms with van der Waals surface area (Å²) in [6.45, 7) is 0.132. The van der Waals surface area contributed by atoms with Gasteiger partial charge in [-0.25, -0.2) is 0 Å². The number of nitrogens with one attached hydrogen (secondary N) is 2. The highest BCUT2D eigenvalue weighted by atomic mass is 16.6. The van der Waals surface area contributed by atoms with Gasteiger partial charge in [-0.15, -0.1) is 0 Å². The summed E-state index contributed by atoms with van der Waals surface area (Å²) in [6.07, 6.45) is 4.73. The molecule has 0 bridgehead atoms. The third-order valence-corrected chi connectivity index (χ3v) is 6.50. The molecule has 2 aliphatic rings. The quantitative estimate of drug-likeness (QED) is 0.445. The maximum absolute atomic E-state index is 12.6. The number of aliphatic hydroxyl groups excluding tert-OH is 1. The summed E-state index contributed by atoms with van der Waals surface area (Å²) in [7, 11) is 0. The molecular weight excluding hydrogens is 460 g/mol. The summed E-state index contributed by atoms with van der Waals surface area (Å²) < 4.78 is 12.2. The molecule has 5 rings (SSSR count). The van der Waals surface area contributed by atoms with Crippen LogP contribution in [-0.2, 0) is 27.3 Å². The van der Waals surface area contributed by atoms with E-state index in [0.717, 1.165) is 16.8 Å². The predicted octanol–water partition coefficient (Wildman–Crippen LogP) is 2.36. The number of ether oxygens (including phenoxy) is 2. The van der Waals surface area contributed by atoms with Gasteiger partial charge in [0.05, 0.1) is 37.8 Å². The molecule has 1 fully saturated rings. The summed E-state index contributed by atoms with van der Waals surface area (Å²) in [5.74, 6) is 0.382. The molecule has 36 heavy (non-hydrogen) atoms. The van der Waals surface area contributed by atoms with Crippen LogP contribution in [-0.4, -0.2) is 51.8 Å². The number of nitrogens with zero attached hydrogens (tertiary/aromatic N) is 2. The smallest absolute Gasteiger partial charge is 0.228 e. The number of fused-ring (bicyclic) bond motifs is 3. The van der Waals surface area contributed by atoms with E-state index in [1.165, 1.54) is 0 Å². The molecule has 0 saturated carbocycles. The van der Waals surface area contributed by atoms with Crippen molar-refractivity contribution in [1.82, 2.24) is 15.3 Å². The van der Waals surface area contributed by atoms with Gasteiger partial charge in [-0.1, -0.05) is 6.07 Å². The molecule has 0 unspecified atom stereocenters. The highest BCUT2D eigenvalue weighted by Gasteiger charge is 2.46. The van der Waals surface area contributed by atoms with Gasteiger partial charge in [-0.3, -0.25) is 19.6 Å². The lowest BCUT2D eigenvalue weighted by atomic mass is 9.84. The second kappa shape index (κ2) is 10.8. The number of benzene rings is 1. The molecule has 9 nitrogen and oxygen atoms in total. The first-order chi connectivity index (χ1) is 17.6. The first-order valence-corrected chi connectivity index (χ1v) is 12.0. The van der Waals surface area contributed by atoms with Crippen molar-refractivity contribution < 1.29 is 24.2 Å². The van der Waals surface area contributed by atoms with E-state index in [1.54, 1.807) is 24.7 Å². The van der Waals surface area contributed by atoms with Crippen molar-refractivity contribution in [2.45, 2.75) is 50.0 Å². The van der Waals surface area contributed by atoms with E-state index in [0.29, 0.717) is 24.4 Å². The van der Waals surface area contributed by atoms with Crippen molar-refractivity contribution >= 4 is 17.5 Å². The number of aromatic nitrogens is 2. The van der Waals surface area contributed by atoms with E-state index in [1.807, 2.05) is 42.5 Å². The molecule has 0 radical (unpaired) electrons. The SMILES string of the molecule is O=C(C[C@H]1C[C@H]2c3cc(NC(=O)Cc4ccncc4)ccc3O[C@H]2[C@@H](CO)O1)NCc1ccccn1. The molecular formula is C27H28N4O5. The average molecular weight is 489 g/mol. The minimum atomic E-state index is -0.547. The van der Waals surface area contributed by atoms with Gasteiger partial charge in [0, 0.05) is 35.8 Å². The van der Waals surface area contributed by atoms with Crippen LogP contribution in [0.25, 0.3) is 0 Å². The van der Waals surface area contributed by atoms with Crippen molar-refractivity contribution in [1.29, 1.82) is 0 Å². The normalized spacial score (nSPS) is 22.1. The Labute approximate surface area is 208 Å². The van der Waals surface area contributed by atoms with Gasteiger partial charge in [0.15, 0.2) is 0 Å². The van der Waals surface area contributed by atoms with Gasteiger partial charge in [-0.05, 0) is 54.4 Å². The van der Waals surface area contributed by atoms with E-state index < -0.39 is 6.10 Å². The number of carbonyl (C=O) groups is 2. The van der Waals surface area contributed by atoms with Gasteiger partial charge >= 0.3 is 0 Å². The second-order valence-electron chi connectivity index (χ2n) is 9.04. The number of hydrogen-bond donors (Lipinski definition) is 3. The van der Waals surface area contributed by atoms with Crippen LogP contribution in [0.3, 0.4) is 0 Å². The largest absolute Gasteiger partial charge is 0.487 e. The summed E-state index contributed by atoms with van der Waals surface area (Å²) >= 11 is 0. The van der Waals surface area contributed by atoms with Gasteiger partial charge in [0.1, 0.15) is 18.0 Å². The van der Waals surface area contributed by atoms with Crippen LogP contribution >= 0.6 is 0 Å². The Morgan fingerprint density at radius 2 is 1.92 bits per heavy atom. The Hall–Kier alpha value is -3.82. The molecule has 4 atom stereocenters. The Kier molecular flexibility index (Phi) is 7.20. The molecule has 0 spiro atoms. The van der Waals surface area contributed by atoms with Gasteiger partial charge in [0.25, 0.3) is 0 Å². The Bertz CT molecular complexity index is 1210. The molecule has 4 heterocycles. The van der Waals surface area contributed by atoms with Gasteiger partial charge < -0.3 is 25.2 Å². The van der Waals surface area contributed by atoms with Crippen LogP contribution in [0.1, 0.15) is 35.6 Å². The fraction of sp³-hybridized carbons (Fsp3) is 0.333. The summed E-state index contributed by atoms with van der Waals surface area (Å²) in [6, 6.07) is 14.7. The lowest BCUT2D eigenvalue weighted by Crippen LogP contribution is -2.47. The van der Waals surface area contributed by atoms with Crippen molar-refractivity contribution in [3.63, 3.8) is 0 Å². The van der Waals surface area contributed by atoms with Crippen LogP contribution < -0.4 is 15.4 Å². The summed E-state index contributed by atoms with van der Waals surface area (Å²) in [5.41, 5.74) is 3.28. The number of hydrogen-bond acceptors (Lipinski definition) is 7. The van der Waals surface area contributed by atoms with Gasteiger partial charge in [0.2, 0.25) is 11.8 Å². The number of aliphatic hydroxyl groups is 1. The Balaban J connectivity index is 1.24. The fourth-order valence-corrected chi connectivity index (χ4v) is 4.83. The lowest BCUT2D eigenvalue weighted by molar-refractivity contribution is -0.142. The third-order valence-electron chi connectivity index (χ3n) is 6.50. The maximum atomic E-state index is 12.6. The fourth-order valence-electron chi connectivity index (χ4n) is 4.83. The molecule has 2 aliphatic heterocycles. The molecule has 2 aromatic heterocycles. The van der Waals surface area contributed by atoms with E-state index in [9.17, 15) is 14.7 Å². The van der Waals surface area contributed by atoms with Gasteiger partial charge in [-0.2, -0.15) is 0 Å². The number of rotatable bonds is 8. The van der Waals surface area contributed by atoms with E-state index in [4.69, 9.17) is 9.47 Å². The zero-order valence-corrected chi connectivity index (χ0v) is 19.7. The Morgan fingerprint density at radius 1 is 1.06 bits per heavy atom. The van der Waals surface area contributed by atoms with Crippen LogP contribution in [0, 0.1) is 0 Å². The zero-order chi connectivity index (χ0) is 24.9. The molecule has 3 aromatic rings. The standard InChI is InChI=1S/C27H28N4O5/c32-16-24-27-22(13-20(35-24)14-25(33)30-15-19-3-1-2-8-29-19)21-12-18(4-5-23(21)36-27)31-26(34)11-17-6-9-28-10-7-17/h1-10,12,20,22,24,27,32H,11,13-16H2,(H,30,33)(H,31,34)/t20-,22+,24-,27-/m1/s1. The first-order valence-electron chi connectivity index (χ1n) is 12.0. The number of carbonyl (C=O) groups excluding carboxylic acids is 2. The van der Waals surface area contributed by atoms with E-state index in [2.05, 4.69) is 20.6 Å². The molecule has 0 aliphatic carbocycles. The minimum absolute atomic E-state index is 0.0588. The minimum Gasteiger partial charge on any atom is -0.487 e. The van der Waals surface area contributed by atoms with Crippen LogP contribution in [0.2, 0.25) is 0 Å². The zero-order valence-electron chi connectivity index (χ0n) is 19.7. The van der Waals surface area contributed by atoms with E-state index >= 15 is 0 Å². The molecule has 1 saturated heterocycles. The first kappa shape index (κ1) is 23.9. The number of amides is 2. The molecule has 1 aromatic carbocycles. The van der Waals surface area contributed by atoms with Crippen LogP contribution in [0.4, 0.5) is 5.69 Å². The predicted molar refractivity (Wildman–Crippen MR) is 131 cm³/mol. The summed E-state index contributed by atoms with van der Waals surface area (Å²) in [5, 5.41) is 15.8. The van der Waals surface area contributed by atoms with Crippen molar-refractivity contribution in [2.75, 3.05) is 11.9 Å².